The van der Waals surface area contributed by atoms with Gasteiger partial charge in [-0.25, -0.2) is 4.79 Å². The second-order valence-corrected chi connectivity index (χ2v) is 7.42. The number of nitro benzene ring substituents is 2. The summed E-state index contributed by atoms with van der Waals surface area (Å²) in [5.74, 6) is -1.74. The van der Waals surface area contributed by atoms with E-state index in [0.717, 1.165) is 0 Å². The number of azo groups is 1. The Morgan fingerprint density at radius 2 is 1.65 bits per heavy atom. The molecule has 0 bridgehead atoms. The third kappa shape index (κ3) is 7.12. The van der Waals surface area contributed by atoms with Crippen molar-refractivity contribution < 1.29 is 23.8 Å². The topological polar surface area (TPSA) is 164 Å². The first-order valence-corrected chi connectivity index (χ1v) is 10.8. The van der Waals surface area contributed by atoms with Gasteiger partial charge in [-0.1, -0.05) is 18.2 Å². The summed E-state index contributed by atoms with van der Waals surface area (Å²) in [6, 6.07) is 18.1. The van der Waals surface area contributed by atoms with Crippen molar-refractivity contribution in [2.75, 3.05) is 24.6 Å². The second-order valence-electron chi connectivity index (χ2n) is 7.42. The molecule has 37 heavy (non-hydrogen) atoms. The first-order valence-electron chi connectivity index (χ1n) is 10.8. The van der Waals surface area contributed by atoms with Crippen molar-refractivity contribution in [3.8, 4) is 6.07 Å². The van der Waals surface area contributed by atoms with Crippen LogP contribution in [-0.4, -0.2) is 35.5 Å². The monoisotopic (exact) mass is 506 g/mol. The highest BCUT2D eigenvalue weighted by molar-refractivity contribution is 5.89. The number of nitrogens with zero attached hydrogens (tertiary/aromatic N) is 6. The first kappa shape index (κ1) is 26.4. The van der Waals surface area contributed by atoms with E-state index in [1.165, 1.54) is 0 Å². The van der Waals surface area contributed by atoms with E-state index in [1.54, 1.807) is 54.6 Å². The Morgan fingerprint density at radius 1 is 0.973 bits per heavy atom. The molecule has 0 atom stereocenters. The Morgan fingerprint density at radius 3 is 2.27 bits per heavy atom. The maximum Gasteiger partial charge on any atom is 0.338 e. The van der Waals surface area contributed by atoms with Crippen molar-refractivity contribution in [2.45, 2.75) is 6.42 Å². The molecule has 0 N–H and O–H groups in total. The number of halogens is 1. The van der Waals surface area contributed by atoms with Crippen molar-refractivity contribution in [3.05, 3.63) is 98.3 Å². The molecule has 0 aliphatic rings. The van der Waals surface area contributed by atoms with Crippen LogP contribution >= 0.6 is 0 Å². The van der Waals surface area contributed by atoms with Gasteiger partial charge in [-0.2, -0.15) is 14.8 Å². The lowest BCUT2D eigenvalue weighted by Crippen LogP contribution is -2.29. The van der Waals surface area contributed by atoms with E-state index in [4.69, 9.17) is 10.00 Å². The van der Waals surface area contributed by atoms with Gasteiger partial charge >= 0.3 is 17.3 Å². The minimum Gasteiger partial charge on any atom is -0.460 e. The average molecular weight is 506 g/mol. The molecule has 3 rings (SSSR count). The molecule has 0 fully saturated rings. The SMILES string of the molecule is N#CCCN(CCOC(=O)c1ccccc1)c1ccc(N=Nc2cc(F)c([N+](=O)[O-])cc2[N+](=O)[O-])cc1. The molecule has 13 heteroatoms. The first-order chi connectivity index (χ1) is 17.8. The molecule has 0 amide bonds. The minimum atomic E-state index is -1.28. The van der Waals surface area contributed by atoms with Gasteiger partial charge in [0.05, 0.1) is 46.2 Å². The molecule has 0 aliphatic heterocycles. The number of hydrogen-bond donors (Lipinski definition) is 0. The molecule has 3 aromatic carbocycles. The Hall–Kier alpha value is -5.25. The summed E-state index contributed by atoms with van der Waals surface area (Å²) in [5, 5.41) is 38.6. The molecule has 12 nitrogen and oxygen atoms in total. The van der Waals surface area contributed by atoms with Crippen LogP contribution in [0.1, 0.15) is 16.8 Å². The molecule has 0 radical (unpaired) electrons. The van der Waals surface area contributed by atoms with Gasteiger partial charge < -0.3 is 9.64 Å². The molecule has 0 aromatic heterocycles. The summed E-state index contributed by atoms with van der Waals surface area (Å²) in [6.45, 7) is 0.764. The van der Waals surface area contributed by atoms with Crippen LogP contribution in [0.15, 0.2) is 77.0 Å². The van der Waals surface area contributed by atoms with Gasteiger partial charge in [-0.3, -0.25) is 20.2 Å². The number of nitro groups is 2. The lowest BCUT2D eigenvalue weighted by atomic mass is 10.2. The number of carbonyl (C=O) groups is 1. The molecular weight excluding hydrogens is 487 g/mol. The van der Waals surface area contributed by atoms with Gasteiger partial charge in [0.15, 0.2) is 5.69 Å². The fourth-order valence-electron chi connectivity index (χ4n) is 3.21. The molecular formula is C24H19FN6O6. The van der Waals surface area contributed by atoms with Crippen LogP contribution in [0, 0.1) is 37.4 Å². The van der Waals surface area contributed by atoms with Crippen molar-refractivity contribution >= 4 is 34.4 Å². The second kappa shape index (κ2) is 12.5. The van der Waals surface area contributed by atoms with E-state index in [1.807, 2.05) is 4.90 Å². The van der Waals surface area contributed by atoms with Crippen molar-refractivity contribution in [3.63, 3.8) is 0 Å². The number of carbonyl (C=O) groups excluding carboxylic acids is 1. The third-order valence-corrected chi connectivity index (χ3v) is 5.02. The molecule has 0 heterocycles. The number of benzene rings is 3. The predicted molar refractivity (Wildman–Crippen MR) is 129 cm³/mol. The van der Waals surface area contributed by atoms with E-state index < -0.39 is 38.7 Å². The van der Waals surface area contributed by atoms with Crippen LogP contribution < -0.4 is 4.90 Å². The summed E-state index contributed by atoms with van der Waals surface area (Å²) >= 11 is 0. The Labute approximate surface area is 209 Å². The summed E-state index contributed by atoms with van der Waals surface area (Å²) < 4.78 is 19.2. The Bertz CT molecular complexity index is 1360. The van der Waals surface area contributed by atoms with Gasteiger partial charge in [0.2, 0.25) is 5.82 Å². The van der Waals surface area contributed by atoms with Gasteiger partial charge in [-0.15, -0.1) is 5.11 Å². The smallest absolute Gasteiger partial charge is 0.338 e. The van der Waals surface area contributed by atoms with E-state index in [9.17, 15) is 29.4 Å². The summed E-state index contributed by atoms with van der Waals surface area (Å²) in [4.78, 5) is 34.1. The lowest BCUT2D eigenvalue weighted by molar-refractivity contribution is -0.395. The minimum absolute atomic E-state index is 0.0794. The van der Waals surface area contributed by atoms with E-state index >= 15 is 0 Å². The summed E-state index contributed by atoms with van der Waals surface area (Å²) in [7, 11) is 0. The van der Waals surface area contributed by atoms with Crippen LogP contribution in [0.4, 0.5) is 32.8 Å². The standard InChI is InChI=1S/C24H19FN6O6/c25-20-15-21(23(31(35)36)16-22(20)30(33)34)28-27-18-7-9-19(10-8-18)29(12-4-11-26)13-14-37-24(32)17-5-2-1-3-6-17/h1-3,5-10,15-16H,4,12-14H2. The molecule has 188 valence electrons. The Kier molecular flexibility index (Phi) is 8.87. The molecule has 0 saturated carbocycles. The fourth-order valence-corrected chi connectivity index (χ4v) is 3.21. The van der Waals surface area contributed by atoms with Gasteiger partial charge in [0.1, 0.15) is 6.61 Å². The summed E-state index contributed by atoms with van der Waals surface area (Å²) in [5.41, 5.74) is -0.894. The molecule has 3 aromatic rings. The van der Waals surface area contributed by atoms with Crippen LogP contribution in [0.5, 0.6) is 0 Å². The highest BCUT2D eigenvalue weighted by Crippen LogP contribution is 2.35. The molecule has 0 unspecified atom stereocenters. The highest BCUT2D eigenvalue weighted by atomic mass is 19.1. The maximum atomic E-state index is 13.9. The fraction of sp³-hybridized carbons (Fsp3) is 0.167. The van der Waals surface area contributed by atoms with Crippen LogP contribution in [0.2, 0.25) is 0 Å². The quantitative estimate of drug-likeness (QED) is 0.140. The normalized spacial score (nSPS) is 10.6. The van der Waals surface area contributed by atoms with Crippen molar-refractivity contribution in [1.29, 1.82) is 5.26 Å². The van der Waals surface area contributed by atoms with Gasteiger partial charge in [-0.05, 0) is 36.4 Å². The molecule has 0 saturated heterocycles. The van der Waals surface area contributed by atoms with E-state index in [2.05, 4.69) is 16.3 Å². The molecule has 0 aliphatic carbocycles. The lowest BCUT2D eigenvalue weighted by Gasteiger charge is -2.23. The highest BCUT2D eigenvalue weighted by Gasteiger charge is 2.25. The van der Waals surface area contributed by atoms with Crippen LogP contribution in [0.25, 0.3) is 0 Å². The zero-order valence-electron chi connectivity index (χ0n) is 19.2. The average Bonchev–Trinajstić information content (AvgIpc) is 2.89. The number of rotatable bonds is 11. The predicted octanol–water partition coefficient (Wildman–Crippen LogP) is 5.63. The number of ether oxygens (including phenoxy) is 1. The van der Waals surface area contributed by atoms with Crippen molar-refractivity contribution in [2.24, 2.45) is 10.2 Å². The number of anilines is 1. The van der Waals surface area contributed by atoms with Gasteiger partial charge in [0.25, 0.3) is 0 Å². The number of esters is 1. The molecule has 0 spiro atoms. The van der Waals surface area contributed by atoms with E-state index in [-0.39, 0.29) is 18.7 Å². The van der Waals surface area contributed by atoms with E-state index in [0.29, 0.717) is 36.5 Å². The number of hydrogen-bond acceptors (Lipinski definition) is 10. The zero-order chi connectivity index (χ0) is 26.8. The largest absolute Gasteiger partial charge is 0.460 e. The van der Waals surface area contributed by atoms with Crippen molar-refractivity contribution in [1.82, 2.24) is 0 Å². The number of nitriles is 1. The zero-order valence-corrected chi connectivity index (χ0v) is 19.2. The third-order valence-electron chi connectivity index (χ3n) is 5.02. The maximum absolute atomic E-state index is 13.9. The Balaban J connectivity index is 1.71. The van der Waals surface area contributed by atoms with Gasteiger partial charge in [0, 0.05) is 18.3 Å². The van der Waals surface area contributed by atoms with Crippen LogP contribution in [0.3, 0.4) is 0 Å². The summed E-state index contributed by atoms with van der Waals surface area (Å²) in [6.07, 6.45) is 0.226. The van der Waals surface area contributed by atoms with Crippen LogP contribution in [-0.2, 0) is 4.74 Å².